The molecule has 5 heteroatoms. The lowest BCUT2D eigenvalue weighted by Gasteiger charge is -1.93. The Morgan fingerprint density at radius 1 is 1.50 bits per heavy atom. The summed E-state index contributed by atoms with van der Waals surface area (Å²) < 4.78 is 6.07. The third-order valence-corrected chi connectivity index (χ3v) is 2.82. The van der Waals surface area contributed by atoms with Gasteiger partial charge < -0.3 is 9.52 Å². The zero-order valence-electron chi connectivity index (χ0n) is 5.70. The van der Waals surface area contributed by atoms with E-state index in [1.54, 1.807) is 6.07 Å². The lowest BCUT2D eigenvalue weighted by Crippen LogP contribution is -1.79. The van der Waals surface area contributed by atoms with Crippen LogP contribution in [0.5, 0.6) is 5.75 Å². The lowest BCUT2D eigenvalue weighted by atomic mass is 10.3. The van der Waals surface area contributed by atoms with Gasteiger partial charge in [-0.2, -0.15) is 0 Å². The van der Waals surface area contributed by atoms with E-state index in [0.29, 0.717) is 10.1 Å². The molecule has 0 saturated carbocycles. The fourth-order valence-electron chi connectivity index (χ4n) is 0.884. The van der Waals surface area contributed by atoms with Crippen molar-refractivity contribution in [3.05, 3.63) is 26.3 Å². The molecule has 0 saturated heterocycles. The molecule has 0 fully saturated rings. The highest BCUT2D eigenvalue weighted by molar-refractivity contribution is 9.10. The van der Waals surface area contributed by atoms with Gasteiger partial charge in [0.15, 0.2) is 5.58 Å². The molecule has 2 rings (SSSR count). The Kier molecular flexibility index (Phi) is 1.69. The molecule has 0 aliphatic carbocycles. The molecule has 0 radical (unpaired) electrons. The predicted octanol–water partition coefficient (Wildman–Crippen LogP) is 2.32. The van der Waals surface area contributed by atoms with Crippen molar-refractivity contribution in [1.82, 2.24) is 0 Å². The van der Waals surface area contributed by atoms with Gasteiger partial charge in [0, 0.05) is 6.07 Å². The van der Waals surface area contributed by atoms with E-state index < -0.39 is 0 Å². The molecule has 3 nitrogen and oxygen atoms in total. The molecule has 0 atom stereocenters. The molecule has 1 aromatic heterocycles. The SMILES string of the molecule is O=c1oc2cc(O)c(Br)cc2s1. The molecule has 1 aromatic carbocycles. The number of aromatic hydroxyl groups is 1. The summed E-state index contributed by atoms with van der Waals surface area (Å²) in [5.41, 5.74) is 0.422. The van der Waals surface area contributed by atoms with Crippen molar-refractivity contribution in [3.63, 3.8) is 0 Å². The van der Waals surface area contributed by atoms with Crippen molar-refractivity contribution in [3.8, 4) is 5.75 Å². The second-order valence-corrected chi connectivity index (χ2v) is 4.04. The van der Waals surface area contributed by atoms with Crippen LogP contribution >= 0.6 is 27.3 Å². The first kappa shape index (κ1) is 7.82. The molecule has 0 bridgehead atoms. The Labute approximate surface area is 79.4 Å². The normalized spacial score (nSPS) is 10.8. The van der Waals surface area contributed by atoms with Crippen LogP contribution in [0.1, 0.15) is 0 Å². The fourth-order valence-corrected chi connectivity index (χ4v) is 2.07. The first-order valence-electron chi connectivity index (χ1n) is 3.09. The van der Waals surface area contributed by atoms with E-state index in [1.165, 1.54) is 6.07 Å². The number of phenolic OH excluding ortho intramolecular Hbond substituents is 1. The van der Waals surface area contributed by atoms with E-state index >= 15 is 0 Å². The summed E-state index contributed by atoms with van der Waals surface area (Å²) in [7, 11) is 0. The highest BCUT2D eigenvalue weighted by Gasteiger charge is 2.05. The third kappa shape index (κ3) is 1.15. The number of benzene rings is 1. The zero-order valence-corrected chi connectivity index (χ0v) is 8.11. The van der Waals surface area contributed by atoms with Crippen LogP contribution < -0.4 is 4.94 Å². The first-order valence-corrected chi connectivity index (χ1v) is 4.70. The number of fused-ring (bicyclic) bond motifs is 1. The Morgan fingerprint density at radius 3 is 3.00 bits per heavy atom. The number of hydrogen-bond acceptors (Lipinski definition) is 4. The molecule has 1 N–H and O–H groups in total. The molecule has 62 valence electrons. The quantitative estimate of drug-likeness (QED) is 0.777. The van der Waals surface area contributed by atoms with E-state index in [4.69, 9.17) is 4.42 Å². The van der Waals surface area contributed by atoms with Crippen LogP contribution in [0.15, 0.2) is 25.8 Å². The van der Waals surface area contributed by atoms with Gasteiger partial charge >= 0.3 is 4.94 Å². The summed E-state index contributed by atoms with van der Waals surface area (Å²) in [4.78, 5) is 10.4. The lowest BCUT2D eigenvalue weighted by molar-refractivity contribution is 0.470. The van der Waals surface area contributed by atoms with Crippen LogP contribution in [0.2, 0.25) is 0 Å². The Bertz CT molecular complexity index is 443. The molecule has 12 heavy (non-hydrogen) atoms. The van der Waals surface area contributed by atoms with E-state index in [-0.39, 0.29) is 10.7 Å². The molecular formula is C7H3BrO3S. The standard InChI is InChI=1S/C7H3BrO3S/c8-3-1-6-5(2-4(3)9)11-7(10)12-6/h1-2,9H. The predicted molar refractivity (Wildman–Crippen MR) is 49.7 cm³/mol. The Balaban J connectivity index is 2.92. The van der Waals surface area contributed by atoms with Crippen LogP contribution in [0.25, 0.3) is 10.3 Å². The maximum Gasteiger partial charge on any atom is 0.396 e. The van der Waals surface area contributed by atoms with Gasteiger partial charge in [-0.15, -0.1) is 0 Å². The van der Waals surface area contributed by atoms with Crippen molar-refractivity contribution in [1.29, 1.82) is 0 Å². The fraction of sp³-hybridized carbons (Fsp3) is 0. The average molecular weight is 247 g/mol. The number of phenols is 1. The van der Waals surface area contributed by atoms with Gasteiger partial charge in [-0.1, -0.05) is 11.3 Å². The van der Waals surface area contributed by atoms with Crippen LogP contribution in [0, 0.1) is 0 Å². The maximum atomic E-state index is 10.8. The summed E-state index contributed by atoms with van der Waals surface area (Å²) in [6.07, 6.45) is 0. The third-order valence-electron chi connectivity index (χ3n) is 1.40. The van der Waals surface area contributed by atoms with E-state index in [9.17, 15) is 9.90 Å². The summed E-state index contributed by atoms with van der Waals surface area (Å²) in [6, 6.07) is 3.07. The Hall–Kier alpha value is -0.810. The van der Waals surface area contributed by atoms with Gasteiger partial charge in [-0.25, -0.2) is 4.79 Å². The monoisotopic (exact) mass is 246 g/mol. The first-order chi connectivity index (χ1) is 5.66. The van der Waals surface area contributed by atoms with Gasteiger partial charge in [0.1, 0.15) is 5.75 Å². The second kappa shape index (κ2) is 2.60. The minimum Gasteiger partial charge on any atom is -0.507 e. The highest BCUT2D eigenvalue weighted by atomic mass is 79.9. The van der Waals surface area contributed by atoms with E-state index in [1.807, 2.05) is 0 Å². The maximum absolute atomic E-state index is 10.8. The van der Waals surface area contributed by atoms with Crippen molar-refractivity contribution in [2.75, 3.05) is 0 Å². The molecule has 0 aliphatic heterocycles. The van der Waals surface area contributed by atoms with Crippen molar-refractivity contribution in [2.45, 2.75) is 0 Å². The van der Waals surface area contributed by atoms with Crippen LogP contribution in [0.4, 0.5) is 0 Å². The number of rotatable bonds is 0. The number of halogens is 1. The largest absolute Gasteiger partial charge is 0.507 e. The van der Waals surface area contributed by atoms with Gasteiger partial charge in [0.25, 0.3) is 0 Å². The summed E-state index contributed by atoms with van der Waals surface area (Å²) >= 11 is 4.15. The van der Waals surface area contributed by atoms with E-state index in [2.05, 4.69) is 15.9 Å². The van der Waals surface area contributed by atoms with Crippen LogP contribution in [-0.4, -0.2) is 5.11 Å². The number of hydrogen-bond donors (Lipinski definition) is 1. The smallest absolute Gasteiger partial charge is 0.396 e. The molecule has 0 amide bonds. The van der Waals surface area contributed by atoms with Gasteiger partial charge in [0.05, 0.1) is 9.17 Å². The molecule has 0 aliphatic rings. The zero-order chi connectivity index (χ0) is 8.72. The van der Waals surface area contributed by atoms with Crippen LogP contribution in [0.3, 0.4) is 0 Å². The summed E-state index contributed by atoms with van der Waals surface area (Å²) in [5.74, 6) is 0.0732. The van der Waals surface area contributed by atoms with Crippen LogP contribution in [-0.2, 0) is 0 Å². The minimum absolute atomic E-state index is 0.0732. The van der Waals surface area contributed by atoms with Gasteiger partial charge in [-0.3, -0.25) is 0 Å². The van der Waals surface area contributed by atoms with Gasteiger partial charge in [-0.05, 0) is 22.0 Å². The summed E-state index contributed by atoms with van der Waals surface area (Å²) in [5, 5.41) is 9.22. The summed E-state index contributed by atoms with van der Waals surface area (Å²) in [6.45, 7) is 0. The molecule has 0 spiro atoms. The topological polar surface area (TPSA) is 50.4 Å². The molecule has 2 aromatic rings. The Morgan fingerprint density at radius 2 is 2.25 bits per heavy atom. The average Bonchev–Trinajstić information content (AvgIpc) is 2.30. The minimum atomic E-state index is -0.359. The molecule has 1 heterocycles. The van der Waals surface area contributed by atoms with E-state index in [0.717, 1.165) is 16.0 Å². The van der Waals surface area contributed by atoms with Crippen molar-refractivity contribution in [2.24, 2.45) is 0 Å². The molecular weight excluding hydrogens is 244 g/mol. The highest BCUT2D eigenvalue weighted by Crippen LogP contribution is 2.30. The second-order valence-electron chi connectivity index (χ2n) is 2.20. The van der Waals surface area contributed by atoms with Crippen molar-refractivity contribution < 1.29 is 9.52 Å². The van der Waals surface area contributed by atoms with Gasteiger partial charge in [0.2, 0.25) is 0 Å². The van der Waals surface area contributed by atoms with Crippen molar-refractivity contribution >= 4 is 37.5 Å². The molecule has 0 unspecified atom stereocenters.